The molecule has 12 nitrogen and oxygen atoms in total. The van der Waals surface area contributed by atoms with E-state index in [1.807, 2.05) is 0 Å². The second-order valence-corrected chi connectivity index (χ2v) is 8.00. The molecule has 3 N–H and O–H groups in total. The molecular formula is C23H24FN6O6+. The van der Waals surface area contributed by atoms with Crippen LogP contribution in [0.5, 0.6) is 23.0 Å². The largest absolute Gasteiger partial charge is 0.492 e. The van der Waals surface area contributed by atoms with Gasteiger partial charge in [-0.25, -0.2) is 18.8 Å². The first kappa shape index (κ1) is 24.6. The molecule has 0 atom stereocenters. The molecule has 36 heavy (non-hydrogen) atoms. The third-order valence-corrected chi connectivity index (χ3v) is 5.21. The number of aromatic nitrogens is 3. The van der Waals surface area contributed by atoms with Crippen LogP contribution in [0.3, 0.4) is 0 Å². The summed E-state index contributed by atoms with van der Waals surface area (Å²) in [5, 5.41) is 15.4. The van der Waals surface area contributed by atoms with Gasteiger partial charge in [-0.3, -0.25) is 9.69 Å². The molecule has 1 aromatic carbocycles. The summed E-state index contributed by atoms with van der Waals surface area (Å²) in [5.74, 6) is 0.202. The topological polar surface area (TPSA) is 142 Å². The fourth-order valence-corrected chi connectivity index (χ4v) is 3.52. The third-order valence-electron chi connectivity index (χ3n) is 5.21. The summed E-state index contributed by atoms with van der Waals surface area (Å²) in [7, 11) is 2.93. The number of rotatable bonds is 8. The Morgan fingerprint density at radius 2 is 2.00 bits per heavy atom. The van der Waals surface area contributed by atoms with E-state index in [1.54, 1.807) is 32.0 Å². The molecular weight excluding hydrogens is 475 g/mol. The van der Waals surface area contributed by atoms with Gasteiger partial charge in [0.1, 0.15) is 12.5 Å². The molecule has 1 aliphatic heterocycles. The molecule has 0 aliphatic carbocycles. The van der Waals surface area contributed by atoms with E-state index in [0.717, 1.165) is 11.1 Å². The minimum Gasteiger partial charge on any atom is -0.492 e. The molecule has 3 aromatic rings. The van der Waals surface area contributed by atoms with E-state index in [-0.39, 0.29) is 23.4 Å². The smallest absolute Gasteiger partial charge is 0.399 e. The summed E-state index contributed by atoms with van der Waals surface area (Å²) in [4.78, 5) is 26.1. The molecule has 0 unspecified atom stereocenters. The Labute approximate surface area is 205 Å². The Bertz CT molecular complexity index is 1330. The molecule has 2 aromatic heterocycles. The third kappa shape index (κ3) is 4.55. The van der Waals surface area contributed by atoms with E-state index in [1.165, 1.54) is 20.3 Å². The van der Waals surface area contributed by atoms with Crippen molar-refractivity contribution < 1.29 is 32.9 Å². The number of carbonyl (C=O) groups excluding carboxylic acids is 2. The number of amides is 1. The molecule has 0 fully saturated rings. The van der Waals surface area contributed by atoms with Crippen LogP contribution in [0.1, 0.15) is 13.8 Å². The average molecular weight is 499 g/mol. The number of hydrogen-bond donors (Lipinski definition) is 3. The molecule has 0 saturated carbocycles. The Hall–Kier alpha value is -4.52. The number of fused-ring (bicyclic) bond motifs is 1. The predicted molar refractivity (Wildman–Crippen MR) is 128 cm³/mol. The molecule has 13 heteroatoms. The van der Waals surface area contributed by atoms with Gasteiger partial charge in [0, 0.05) is 6.07 Å². The molecule has 3 heterocycles. The number of carbonyl (C=O) groups is 1. The number of nitrogens with one attached hydrogen (secondary N) is 2. The number of methoxy groups -OCH3 is 2. The van der Waals surface area contributed by atoms with Gasteiger partial charge in [-0.1, -0.05) is 0 Å². The standard InChI is InChI=1S/C23H24FN6O6/c1-23(2)21(32)30(11-31)20-14(36-23)6-7-17(28-20)27-19-13(24)10-25-22(29-19)26-12-8-15(33-3)18(35-5)16(9-12)34-4/h6-10,31H,3,11H2,1-2,4-5H3,(H2,25,26,27,28,29)/q+1. The van der Waals surface area contributed by atoms with E-state index in [9.17, 15) is 14.3 Å². The van der Waals surface area contributed by atoms with E-state index >= 15 is 0 Å². The predicted octanol–water partition coefficient (Wildman–Crippen LogP) is 3.05. The Kier molecular flexibility index (Phi) is 6.57. The summed E-state index contributed by atoms with van der Waals surface area (Å²) in [6, 6.07) is 6.29. The molecule has 0 radical (unpaired) electrons. The number of halogens is 1. The van der Waals surface area contributed by atoms with Crippen molar-refractivity contribution in [2.75, 3.05) is 36.5 Å². The minimum absolute atomic E-state index is 0.0522. The van der Waals surface area contributed by atoms with Crippen LogP contribution in [0.25, 0.3) is 0 Å². The van der Waals surface area contributed by atoms with Crippen LogP contribution in [-0.2, 0) is 9.22 Å². The van der Waals surface area contributed by atoms with Gasteiger partial charge < -0.3 is 30.0 Å². The van der Waals surface area contributed by atoms with Crippen LogP contribution in [0.2, 0.25) is 0 Å². The fourth-order valence-electron chi connectivity index (χ4n) is 3.52. The van der Waals surface area contributed by atoms with E-state index in [4.69, 9.17) is 18.6 Å². The second kappa shape index (κ2) is 9.62. The van der Waals surface area contributed by atoms with Gasteiger partial charge in [0.15, 0.2) is 34.6 Å². The first-order valence-corrected chi connectivity index (χ1v) is 10.6. The van der Waals surface area contributed by atoms with Crippen molar-refractivity contribution in [1.82, 2.24) is 15.0 Å². The number of aliphatic hydroxyl groups is 1. The maximum Gasteiger partial charge on any atom is 0.399 e. The van der Waals surface area contributed by atoms with Crippen molar-refractivity contribution in [3.05, 3.63) is 36.3 Å². The lowest BCUT2D eigenvalue weighted by Gasteiger charge is -2.36. The molecule has 1 aliphatic rings. The van der Waals surface area contributed by atoms with Gasteiger partial charge in [0.2, 0.25) is 5.95 Å². The number of anilines is 5. The number of aliphatic hydroxyl groups excluding tert-OH is 1. The number of nitrogens with zero attached hydrogens (tertiary/aromatic N) is 4. The minimum atomic E-state index is -1.17. The summed E-state index contributed by atoms with van der Waals surface area (Å²) in [5.41, 5.74) is -0.707. The number of pyridine rings is 1. The van der Waals surface area contributed by atoms with Crippen molar-refractivity contribution in [2.24, 2.45) is 0 Å². The van der Waals surface area contributed by atoms with Gasteiger partial charge in [0.05, 0.1) is 32.2 Å². The van der Waals surface area contributed by atoms with Gasteiger partial charge in [-0.15, -0.1) is 0 Å². The zero-order chi connectivity index (χ0) is 26.0. The first-order chi connectivity index (χ1) is 17.2. The Morgan fingerprint density at radius 3 is 2.67 bits per heavy atom. The zero-order valence-corrected chi connectivity index (χ0v) is 20.0. The highest BCUT2D eigenvalue weighted by Gasteiger charge is 2.41. The maximum atomic E-state index is 14.5. The van der Waals surface area contributed by atoms with Crippen LogP contribution < -0.4 is 29.7 Å². The lowest BCUT2D eigenvalue weighted by molar-refractivity contribution is -0.356. The van der Waals surface area contributed by atoms with Crippen molar-refractivity contribution in [3.63, 3.8) is 0 Å². The van der Waals surface area contributed by atoms with Gasteiger partial charge in [-0.05, 0) is 26.0 Å². The second-order valence-electron chi connectivity index (χ2n) is 8.00. The van der Waals surface area contributed by atoms with Crippen LogP contribution in [0, 0.1) is 5.82 Å². The van der Waals surface area contributed by atoms with Crippen molar-refractivity contribution in [2.45, 2.75) is 19.4 Å². The average Bonchev–Trinajstić information content (AvgIpc) is 2.86. The maximum absolute atomic E-state index is 14.5. The van der Waals surface area contributed by atoms with Crippen LogP contribution >= 0.6 is 0 Å². The van der Waals surface area contributed by atoms with E-state index in [0.29, 0.717) is 28.7 Å². The van der Waals surface area contributed by atoms with Crippen molar-refractivity contribution >= 4 is 41.8 Å². The quantitative estimate of drug-likeness (QED) is 0.396. The normalized spacial score (nSPS) is 13.9. The molecule has 4 rings (SSSR count). The SMILES string of the molecule is C=[O+]c1cc(Nc2ncc(F)c(Nc3ccc4c(n3)N(CO)C(=O)C(C)(C)O4)n2)cc(OC)c1OC. The summed E-state index contributed by atoms with van der Waals surface area (Å²) >= 11 is 0. The van der Waals surface area contributed by atoms with Crippen molar-refractivity contribution in [1.29, 1.82) is 0 Å². The molecule has 188 valence electrons. The molecule has 1 amide bonds. The van der Waals surface area contributed by atoms with Gasteiger partial charge in [0.25, 0.3) is 18.4 Å². The lowest BCUT2D eigenvalue weighted by atomic mass is 10.1. The Balaban J connectivity index is 1.62. The number of ether oxygens (including phenoxy) is 3. The molecule has 0 saturated heterocycles. The fraction of sp³-hybridized carbons (Fsp3) is 0.261. The summed E-state index contributed by atoms with van der Waals surface area (Å²) in [6.07, 6.45) is 0.977. The Morgan fingerprint density at radius 1 is 1.22 bits per heavy atom. The van der Waals surface area contributed by atoms with Crippen LogP contribution in [0.15, 0.2) is 30.5 Å². The lowest BCUT2D eigenvalue weighted by Crippen LogP contribution is -2.53. The highest BCUT2D eigenvalue weighted by atomic mass is 19.1. The monoisotopic (exact) mass is 499 g/mol. The van der Waals surface area contributed by atoms with Gasteiger partial charge in [-0.2, -0.15) is 4.98 Å². The molecule has 0 bridgehead atoms. The number of benzene rings is 1. The summed E-state index contributed by atoms with van der Waals surface area (Å²) in [6.45, 7) is 5.97. The zero-order valence-electron chi connectivity index (χ0n) is 20.0. The summed E-state index contributed by atoms with van der Waals surface area (Å²) < 4.78 is 35.9. The number of hydrogen-bond acceptors (Lipinski definition) is 10. The van der Waals surface area contributed by atoms with E-state index in [2.05, 4.69) is 32.4 Å². The molecule has 0 spiro atoms. The first-order valence-electron chi connectivity index (χ1n) is 10.6. The highest BCUT2D eigenvalue weighted by Crippen LogP contribution is 2.41. The van der Waals surface area contributed by atoms with Crippen LogP contribution in [-0.4, -0.2) is 59.3 Å². The van der Waals surface area contributed by atoms with Crippen LogP contribution in [0.4, 0.5) is 33.5 Å². The highest BCUT2D eigenvalue weighted by molar-refractivity contribution is 6.01. The van der Waals surface area contributed by atoms with Crippen molar-refractivity contribution in [3.8, 4) is 23.0 Å². The van der Waals surface area contributed by atoms with Gasteiger partial charge >= 0.3 is 5.75 Å². The van der Waals surface area contributed by atoms with E-state index < -0.39 is 24.1 Å².